The number of fused-ring (bicyclic) bond motifs is 1. The molecule has 0 bridgehead atoms. The number of hydrogen-bond acceptors (Lipinski definition) is 3. The minimum atomic E-state index is 0.248. The van der Waals surface area contributed by atoms with Crippen LogP contribution in [-0.4, -0.2) is 13.7 Å². The molecule has 0 saturated heterocycles. The number of aryl methyl sites for hydroxylation is 2. The first-order valence-electron chi connectivity index (χ1n) is 5.25. The van der Waals surface area contributed by atoms with Crippen molar-refractivity contribution < 1.29 is 9.57 Å². The van der Waals surface area contributed by atoms with E-state index in [9.17, 15) is 0 Å². The fourth-order valence-corrected chi connectivity index (χ4v) is 1.92. The molecule has 0 saturated carbocycles. The van der Waals surface area contributed by atoms with Crippen molar-refractivity contribution in [3.63, 3.8) is 0 Å². The molecule has 82 valence electrons. The highest BCUT2D eigenvalue weighted by molar-refractivity contribution is 5.44. The second-order valence-corrected chi connectivity index (χ2v) is 3.99. The summed E-state index contributed by atoms with van der Waals surface area (Å²) in [6.07, 6.45) is 0.948. The second-order valence-electron chi connectivity index (χ2n) is 3.99. The highest BCUT2D eigenvalue weighted by Gasteiger charge is 2.21. The average Bonchev–Trinajstić information content (AvgIpc) is 2.21. The lowest BCUT2D eigenvalue weighted by atomic mass is 9.97. The SMILES string of the molecule is CONC1CCOc2cc(C)c(C)cc21. The first kappa shape index (κ1) is 10.5. The summed E-state index contributed by atoms with van der Waals surface area (Å²) in [5.41, 5.74) is 6.77. The van der Waals surface area contributed by atoms with Gasteiger partial charge >= 0.3 is 0 Å². The Labute approximate surface area is 90.3 Å². The quantitative estimate of drug-likeness (QED) is 0.755. The van der Waals surface area contributed by atoms with Crippen molar-refractivity contribution in [2.75, 3.05) is 13.7 Å². The second kappa shape index (κ2) is 4.21. The van der Waals surface area contributed by atoms with Gasteiger partial charge in [-0.3, -0.25) is 0 Å². The van der Waals surface area contributed by atoms with Gasteiger partial charge in [0.25, 0.3) is 0 Å². The third-order valence-corrected chi connectivity index (χ3v) is 2.93. The molecule has 0 amide bonds. The van der Waals surface area contributed by atoms with Crippen molar-refractivity contribution in [1.29, 1.82) is 0 Å². The molecule has 2 rings (SSSR count). The normalized spacial score (nSPS) is 19.5. The maximum absolute atomic E-state index is 5.64. The summed E-state index contributed by atoms with van der Waals surface area (Å²) in [4.78, 5) is 5.00. The molecule has 0 aliphatic carbocycles. The van der Waals surface area contributed by atoms with Gasteiger partial charge in [-0.15, -0.1) is 0 Å². The van der Waals surface area contributed by atoms with Crippen molar-refractivity contribution in [2.24, 2.45) is 0 Å². The maximum atomic E-state index is 5.64. The van der Waals surface area contributed by atoms with Crippen LogP contribution in [-0.2, 0) is 4.84 Å². The van der Waals surface area contributed by atoms with Gasteiger partial charge in [0, 0.05) is 12.0 Å². The molecule has 0 spiro atoms. The molecular formula is C12H17NO2. The molecule has 0 radical (unpaired) electrons. The fourth-order valence-electron chi connectivity index (χ4n) is 1.92. The van der Waals surface area contributed by atoms with Crippen molar-refractivity contribution in [3.05, 3.63) is 28.8 Å². The number of benzene rings is 1. The highest BCUT2D eigenvalue weighted by Crippen LogP contribution is 2.33. The predicted molar refractivity (Wildman–Crippen MR) is 58.9 cm³/mol. The lowest BCUT2D eigenvalue weighted by Crippen LogP contribution is -2.26. The molecule has 1 aliphatic rings. The molecule has 1 unspecified atom stereocenters. The fraction of sp³-hybridized carbons (Fsp3) is 0.500. The first-order chi connectivity index (χ1) is 7.22. The standard InChI is InChI=1S/C12H17NO2/c1-8-6-10-11(13-14-3)4-5-15-12(10)7-9(8)2/h6-7,11,13H,4-5H2,1-3H3. The smallest absolute Gasteiger partial charge is 0.124 e. The van der Waals surface area contributed by atoms with Crippen LogP contribution >= 0.6 is 0 Å². The number of rotatable bonds is 2. The Kier molecular flexibility index (Phi) is 2.93. The van der Waals surface area contributed by atoms with Crippen molar-refractivity contribution >= 4 is 0 Å². The van der Waals surface area contributed by atoms with E-state index in [-0.39, 0.29) is 6.04 Å². The first-order valence-corrected chi connectivity index (χ1v) is 5.25. The van der Waals surface area contributed by atoms with Crippen LogP contribution in [0.2, 0.25) is 0 Å². The molecule has 1 aliphatic heterocycles. The van der Waals surface area contributed by atoms with Gasteiger partial charge in [0.2, 0.25) is 0 Å². The zero-order valence-corrected chi connectivity index (χ0v) is 9.46. The van der Waals surface area contributed by atoms with E-state index in [0.29, 0.717) is 0 Å². The summed E-state index contributed by atoms with van der Waals surface area (Å²) in [5, 5.41) is 0. The van der Waals surface area contributed by atoms with E-state index in [1.165, 1.54) is 16.7 Å². The Hall–Kier alpha value is -1.06. The molecule has 1 aromatic carbocycles. The minimum absolute atomic E-state index is 0.248. The largest absolute Gasteiger partial charge is 0.493 e. The number of nitrogens with one attached hydrogen (secondary N) is 1. The minimum Gasteiger partial charge on any atom is -0.493 e. The molecule has 3 nitrogen and oxygen atoms in total. The predicted octanol–water partition coefficient (Wildman–Crippen LogP) is 2.28. The van der Waals surface area contributed by atoms with Crippen LogP contribution in [0.5, 0.6) is 5.75 Å². The van der Waals surface area contributed by atoms with Crippen LogP contribution in [0.1, 0.15) is 29.2 Å². The number of hydrogen-bond donors (Lipinski definition) is 1. The zero-order chi connectivity index (χ0) is 10.8. The van der Waals surface area contributed by atoms with Crippen molar-refractivity contribution in [2.45, 2.75) is 26.3 Å². The van der Waals surface area contributed by atoms with Crippen LogP contribution in [0.25, 0.3) is 0 Å². The van der Waals surface area contributed by atoms with Crippen LogP contribution in [0.3, 0.4) is 0 Å². The molecular weight excluding hydrogens is 190 g/mol. The molecule has 3 heteroatoms. The Bertz CT molecular complexity index is 363. The summed E-state index contributed by atoms with van der Waals surface area (Å²) >= 11 is 0. The maximum Gasteiger partial charge on any atom is 0.124 e. The summed E-state index contributed by atoms with van der Waals surface area (Å²) < 4.78 is 5.64. The summed E-state index contributed by atoms with van der Waals surface area (Å²) in [6.45, 7) is 4.97. The van der Waals surface area contributed by atoms with E-state index >= 15 is 0 Å². The van der Waals surface area contributed by atoms with E-state index < -0.39 is 0 Å². The molecule has 0 aromatic heterocycles. The summed E-state index contributed by atoms with van der Waals surface area (Å²) in [7, 11) is 1.65. The van der Waals surface area contributed by atoms with E-state index in [2.05, 4.69) is 31.5 Å². The molecule has 15 heavy (non-hydrogen) atoms. The monoisotopic (exact) mass is 207 g/mol. The highest BCUT2D eigenvalue weighted by atomic mass is 16.6. The third kappa shape index (κ3) is 1.98. The van der Waals surface area contributed by atoms with Gasteiger partial charge in [0.15, 0.2) is 0 Å². The van der Waals surface area contributed by atoms with E-state index in [4.69, 9.17) is 9.57 Å². The number of hydroxylamine groups is 1. The van der Waals surface area contributed by atoms with Gasteiger partial charge in [-0.2, -0.15) is 5.48 Å². The topological polar surface area (TPSA) is 30.5 Å². The summed E-state index contributed by atoms with van der Waals surface area (Å²) in [6, 6.07) is 4.53. The van der Waals surface area contributed by atoms with Crippen molar-refractivity contribution in [3.8, 4) is 5.75 Å². The van der Waals surface area contributed by atoms with Gasteiger partial charge in [0.1, 0.15) is 5.75 Å². The molecule has 0 fully saturated rings. The van der Waals surface area contributed by atoms with E-state index in [0.717, 1.165) is 18.8 Å². The van der Waals surface area contributed by atoms with Crippen LogP contribution < -0.4 is 10.2 Å². The molecule has 1 N–H and O–H groups in total. The van der Waals surface area contributed by atoms with Gasteiger partial charge in [-0.25, -0.2) is 0 Å². The van der Waals surface area contributed by atoms with E-state index in [1.54, 1.807) is 7.11 Å². The molecule has 1 atom stereocenters. The van der Waals surface area contributed by atoms with Gasteiger partial charge < -0.3 is 9.57 Å². The van der Waals surface area contributed by atoms with Crippen LogP contribution in [0.4, 0.5) is 0 Å². The van der Waals surface area contributed by atoms with Gasteiger partial charge in [-0.05, 0) is 31.0 Å². The molecule has 1 heterocycles. The van der Waals surface area contributed by atoms with Crippen LogP contribution in [0, 0.1) is 13.8 Å². The molecule has 1 aromatic rings. The third-order valence-electron chi connectivity index (χ3n) is 2.93. The Morgan fingerprint density at radius 2 is 2.07 bits per heavy atom. The van der Waals surface area contributed by atoms with Crippen LogP contribution in [0.15, 0.2) is 12.1 Å². The summed E-state index contributed by atoms with van der Waals surface area (Å²) in [5.74, 6) is 0.985. The zero-order valence-electron chi connectivity index (χ0n) is 9.46. The lowest BCUT2D eigenvalue weighted by molar-refractivity contribution is 0.0462. The Morgan fingerprint density at radius 3 is 2.80 bits per heavy atom. The lowest BCUT2D eigenvalue weighted by Gasteiger charge is -2.26. The van der Waals surface area contributed by atoms with Gasteiger partial charge in [0.05, 0.1) is 19.8 Å². The van der Waals surface area contributed by atoms with E-state index in [1.807, 2.05) is 0 Å². The number of ether oxygens (including phenoxy) is 1. The Morgan fingerprint density at radius 1 is 1.33 bits per heavy atom. The average molecular weight is 207 g/mol. The van der Waals surface area contributed by atoms with Gasteiger partial charge in [-0.1, -0.05) is 6.07 Å². The Balaban J connectivity index is 2.38. The van der Waals surface area contributed by atoms with Crippen molar-refractivity contribution in [1.82, 2.24) is 5.48 Å².